The molecular formula is C20H32N4O. The lowest BCUT2D eigenvalue weighted by Gasteiger charge is -2.15. The maximum Gasteiger partial charge on any atom is 0.191 e. The Bertz CT molecular complexity index is 531. The maximum atomic E-state index is 5.66. The van der Waals surface area contributed by atoms with Gasteiger partial charge in [-0.3, -0.25) is 4.90 Å². The number of nitrogens with zero attached hydrogens (tertiary/aromatic N) is 2. The van der Waals surface area contributed by atoms with Gasteiger partial charge in [0.15, 0.2) is 5.96 Å². The van der Waals surface area contributed by atoms with E-state index in [9.17, 15) is 0 Å². The van der Waals surface area contributed by atoms with Crippen molar-refractivity contribution in [1.29, 1.82) is 0 Å². The van der Waals surface area contributed by atoms with Crippen LogP contribution in [0, 0.1) is 0 Å². The highest BCUT2D eigenvalue weighted by atomic mass is 16.5. The van der Waals surface area contributed by atoms with Crippen LogP contribution in [0.15, 0.2) is 29.3 Å². The normalized spacial score (nSPS) is 21.6. The standard InChI is InChI=1S/C20H32N4O/c1-2-21-20(23-15-19-6-5-13-25-19)22-14-17-7-9-18(10-8-17)16-24-11-3-4-12-24/h7-10,19H,2-6,11-16H2,1H3,(H2,21,22,23). The molecule has 25 heavy (non-hydrogen) atoms. The number of benzene rings is 1. The first-order chi connectivity index (χ1) is 12.3. The van der Waals surface area contributed by atoms with Crippen molar-refractivity contribution in [1.82, 2.24) is 15.5 Å². The third-order valence-electron chi connectivity index (χ3n) is 4.91. The second kappa shape index (κ2) is 9.78. The molecule has 2 aliphatic heterocycles. The summed E-state index contributed by atoms with van der Waals surface area (Å²) in [7, 11) is 0. The molecule has 0 spiro atoms. The van der Waals surface area contributed by atoms with Crippen molar-refractivity contribution in [3.05, 3.63) is 35.4 Å². The predicted molar refractivity (Wildman–Crippen MR) is 103 cm³/mol. The van der Waals surface area contributed by atoms with E-state index in [4.69, 9.17) is 9.73 Å². The average Bonchev–Trinajstić information content (AvgIpc) is 3.32. The summed E-state index contributed by atoms with van der Waals surface area (Å²) >= 11 is 0. The molecule has 0 saturated carbocycles. The first kappa shape index (κ1) is 18.2. The van der Waals surface area contributed by atoms with E-state index in [-0.39, 0.29) is 0 Å². The van der Waals surface area contributed by atoms with Gasteiger partial charge in [-0.05, 0) is 56.8 Å². The zero-order chi connectivity index (χ0) is 17.3. The molecule has 2 heterocycles. The largest absolute Gasteiger partial charge is 0.376 e. The van der Waals surface area contributed by atoms with Gasteiger partial charge >= 0.3 is 0 Å². The Morgan fingerprint density at radius 2 is 1.88 bits per heavy atom. The molecule has 3 rings (SSSR count). The lowest BCUT2D eigenvalue weighted by Crippen LogP contribution is -2.41. The number of guanidine groups is 1. The third-order valence-corrected chi connectivity index (χ3v) is 4.91. The van der Waals surface area contributed by atoms with Crippen LogP contribution in [0.4, 0.5) is 0 Å². The smallest absolute Gasteiger partial charge is 0.191 e. The van der Waals surface area contributed by atoms with Crippen LogP contribution < -0.4 is 10.6 Å². The summed E-state index contributed by atoms with van der Waals surface area (Å²) in [5, 5.41) is 6.71. The van der Waals surface area contributed by atoms with Crippen molar-refractivity contribution in [2.45, 2.75) is 51.8 Å². The van der Waals surface area contributed by atoms with E-state index in [1.807, 2.05) is 0 Å². The minimum atomic E-state index is 0.328. The fourth-order valence-electron chi connectivity index (χ4n) is 3.48. The van der Waals surface area contributed by atoms with Gasteiger partial charge in [0.1, 0.15) is 0 Å². The second-order valence-corrected chi connectivity index (χ2v) is 7.01. The molecule has 1 atom stereocenters. The Morgan fingerprint density at radius 1 is 1.12 bits per heavy atom. The quantitative estimate of drug-likeness (QED) is 0.589. The topological polar surface area (TPSA) is 48.9 Å². The van der Waals surface area contributed by atoms with Crippen LogP contribution in [-0.2, 0) is 17.8 Å². The summed E-state index contributed by atoms with van der Waals surface area (Å²) in [6, 6.07) is 8.91. The Labute approximate surface area is 151 Å². The Kier molecular flexibility index (Phi) is 7.12. The maximum absolute atomic E-state index is 5.66. The monoisotopic (exact) mass is 344 g/mol. The Morgan fingerprint density at radius 3 is 2.56 bits per heavy atom. The minimum Gasteiger partial charge on any atom is -0.376 e. The number of hydrogen-bond acceptors (Lipinski definition) is 3. The lowest BCUT2D eigenvalue weighted by atomic mass is 10.1. The summed E-state index contributed by atoms with van der Waals surface area (Å²) in [5.41, 5.74) is 2.65. The number of likely N-dealkylation sites (tertiary alicyclic amines) is 1. The van der Waals surface area contributed by atoms with Crippen molar-refractivity contribution >= 4 is 5.96 Å². The summed E-state index contributed by atoms with van der Waals surface area (Å²) in [4.78, 5) is 7.24. The molecule has 0 radical (unpaired) electrons. The van der Waals surface area contributed by atoms with E-state index in [0.717, 1.165) is 38.6 Å². The highest BCUT2D eigenvalue weighted by molar-refractivity contribution is 5.79. The van der Waals surface area contributed by atoms with Gasteiger partial charge in [0, 0.05) is 26.2 Å². The lowest BCUT2D eigenvalue weighted by molar-refractivity contribution is 0.114. The molecule has 0 aromatic heterocycles. The average molecular weight is 345 g/mol. The third kappa shape index (κ3) is 6.01. The van der Waals surface area contributed by atoms with Gasteiger partial charge < -0.3 is 15.4 Å². The zero-order valence-corrected chi connectivity index (χ0v) is 15.5. The number of hydrogen-bond donors (Lipinski definition) is 2. The number of rotatable bonds is 7. The van der Waals surface area contributed by atoms with E-state index in [0.29, 0.717) is 12.6 Å². The molecule has 2 N–H and O–H groups in total. The van der Waals surface area contributed by atoms with Crippen LogP contribution in [0.25, 0.3) is 0 Å². The van der Waals surface area contributed by atoms with Gasteiger partial charge in [-0.25, -0.2) is 4.99 Å². The molecule has 5 heteroatoms. The van der Waals surface area contributed by atoms with Crippen molar-refractivity contribution < 1.29 is 4.74 Å². The van der Waals surface area contributed by atoms with E-state index in [2.05, 4.69) is 46.7 Å². The molecule has 5 nitrogen and oxygen atoms in total. The Hall–Kier alpha value is -1.59. The highest BCUT2D eigenvalue weighted by Crippen LogP contribution is 2.14. The van der Waals surface area contributed by atoms with E-state index in [1.54, 1.807) is 0 Å². The van der Waals surface area contributed by atoms with Crippen LogP contribution in [-0.4, -0.2) is 49.7 Å². The Balaban J connectivity index is 1.48. The van der Waals surface area contributed by atoms with E-state index < -0.39 is 0 Å². The van der Waals surface area contributed by atoms with Crippen LogP contribution in [0.3, 0.4) is 0 Å². The van der Waals surface area contributed by atoms with Crippen LogP contribution in [0.5, 0.6) is 0 Å². The van der Waals surface area contributed by atoms with Crippen molar-refractivity contribution in [2.24, 2.45) is 4.99 Å². The minimum absolute atomic E-state index is 0.328. The van der Waals surface area contributed by atoms with Gasteiger partial charge in [-0.1, -0.05) is 24.3 Å². The summed E-state index contributed by atoms with van der Waals surface area (Å²) in [6.45, 7) is 8.95. The second-order valence-electron chi connectivity index (χ2n) is 7.01. The fourth-order valence-corrected chi connectivity index (χ4v) is 3.48. The van der Waals surface area contributed by atoms with Crippen molar-refractivity contribution in [2.75, 3.05) is 32.8 Å². The molecule has 138 valence electrons. The SMILES string of the molecule is CCNC(=NCc1ccc(CN2CCCC2)cc1)NCC1CCCO1. The van der Waals surface area contributed by atoms with Crippen molar-refractivity contribution in [3.63, 3.8) is 0 Å². The summed E-state index contributed by atoms with van der Waals surface area (Å²) in [5.74, 6) is 0.874. The molecule has 1 aromatic rings. The zero-order valence-electron chi connectivity index (χ0n) is 15.5. The van der Waals surface area contributed by atoms with Gasteiger partial charge in [0.25, 0.3) is 0 Å². The van der Waals surface area contributed by atoms with Crippen LogP contribution in [0.2, 0.25) is 0 Å². The van der Waals surface area contributed by atoms with Crippen LogP contribution in [0.1, 0.15) is 43.7 Å². The molecule has 0 aliphatic carbocycles. The molecule has 1 unspecified atom stereocenters. The van der Waals surface area contributed by atoms with Crippen LogP contribution >= 0.6 is 0 Å². The molecule has 1 aromatic carbocycles. The first-order valence-corrected chi connectivity index (χ1v) is 9.77. The van der Waals surface area contributed by atoms with Gasteiger partial charge in [-0.15, -0.1) is 0 Å². The predicted octanol–water partition coefficient (Wildman–Crippen LogP) is 2.52. The first-order valence-electron chi connectivity index (χ1n) is 9.77. The molecule has 2 aliphatic rings. The molecular weight excluding hydrogens is 312 g/mol. The number of aliphatic imine (C=N–C) groups is 1. The van der Waals surface area contributed by atoms with Crippen molar-refractivity contribution in [3.8, 4) is 0 Å². The molecule has 2 saturated heterocycles. The summed E-state index contributed by atoms with van der Waals surface area (Å²) in [6.07, 6.45) is 5.33. The highest BCUT2D eigenvalue weighted by Gasteiger charge is 2.15. The number of ether oxygens (including phenoxy) is 1. The van der Waals surface area contributed by atoms with Gasteiger partial charge in [0.05, 0.1) is 12.6 Å². The fraction of sp³-hybridized carbons (Fsp3) is 0.650. The van der Waals surface area contributed by atoms with E-state index in [1.165, 1.54) is 43.5 Å². The molecule has 0 amide bonds. The van der Waals surface area contributed by atoms with Gasteiger partial charge in [0.2, 0.25) is 0 Å². The molecule has 0 bridgehead atoms. The number of nitrogens with one attached hydrogen (secondary N) is 2. The van der Waals surface area contributed by atoms with E-state index >= 15 is 0 Å². The molecule has 2 fully saturated rings. The van der Waals surface area contributed by atoms with Gasteiger partial charge in [-0.2, -0.15) is 0 Å². The summed E-state index contributed by atoms with van der Waals surface area (Å²) < 4.78 is 5.66.